The predicted octanol–water partition coefficient (Wildman–Crippen LogP) is 4.12. The van der Waals surface area contributed by atoms with Crippen molar-refractivity contribution in [3.8, 4) is 17.5 Å². The van der Waals surface area contributed by atoms with Crippen molar-refractivity contribution < 1.29 is 23.4 Å². The summed E-state index contributed by atoms with van der Waals surface area (Å²) in [4.78, 5) is 31.0. The average molecular weight is 505 g/mol. The van der Waals surface area contributed by atoms with E-state index < -0.39 is 35.1 Å². The minimum absolute atomic E-state index is 0.0248. The third-order valence-electron chi connectivity index (χ3n) is 5.32. The first kappa shape index (κ1) is 21.7. The number of carbonyl (C=O) groups is 1. The Balaban J connectivity index is 2.10. The molecule has 3 aromatic rings. The van der Waals surface area contributed by atoms with E-state index in [1.165, 1.54) is 12.1 Å². The highest BCUT2D eigenvalue weighted by atomic mass is 79.9. The van der Waals surface area contributed by atoms with Gasteiger partial charge in [0.25, 0.3) is 5.56 Å². The lowest BCUT2D eigenvalue weighted by Crippen LogP contribution is -2.34. The number of nitrogens with zero attached hydrogens (tertiary/aromatic N) is 4. The molecule has 11 heteroatoms. The summed E-state index contributed by atoms with van der Waals surface area (Å²) in [6.07, 6.45) is -0.288. The van der Waals surface area contributed by atoms with Gasteiger partial charge in [-0.2, -0.15) is 5.26 Å². The number of amides is 1. The van der Waals surface area contributed by atoms with Gasteiger partial charge in [-0.15, -0.1) is 0 Å². The second kappa shape index (κ2) is 8.20. The quantitative estimate of drug-likeness (QED) is 0.574. The van der Waals surface area contributed by atoms with E-state index in [4.69, 9.17) is 4.74 Å². The Morgan fingerprint density at radius 1 is 1.31 bits per heavy atom. The van der Waals surface area contributed by atoms with Crippen molar-refractivity contribution in [3.63, 3.8) is 0 Å². The number of fused-ring (bicyclic) bond motifs is 1. The molecule has 0 spiro atoms. The molecule has 0 bridgehead atoms. The van der Waals surface area contributed by atoms with Crippen LogP contribution in [0.4, 0.5) is 13.6 Å². The SMILES string of the molecule is COc1c(F)cc(-n2c(C3CCCN3C(=O)O)nc3c(Br)cc(C#N)cc3c2=O)cc1F. The van der Waals surface area contributed by atoms with Crippen LogP contribution in [-0.2, 0) is 0 Å². The number of carboxylic acid groups (broad SMARTS) is 1. The summed E-state index contributed by atoms with van der Waals surface area (Å²) in [6.45, 7) is 0.230. The van der Waals surface area contributed by atoms with Crippen LogP contribution >= 0.6 is 15.9 Å². The molecular weight excluding hydrogens is 490 g/mol. The molecule has 0 aliphatic carbocycles. The summed E-state index contributed by atoms with van der Waals surface area (Å²) < 4.78 is 35.0. The van der Waals surface area contributed by atoms with Gasteiger partial charge >= 0.3 is 6.09 Å². The van der Waals surface area contributed by atoms with Gasteiger partial charge in [-0.3, -0.25) is 14.3 Å². The number of hydrogen-bond acceptors (Lipinski definition) is 5. The number of nitriles is 1. The van der Waals surface area contributed by atoms with Gasteiger partial charge in [0.05, 0.1) is 41.4 Å². The zero-order valence-electron chi connectivity index (χ0n) is 16.6. The van der Waals surface area contributed by atoms with E-state index in [1.54, 1.807) is 0 Å². The maximum Gasteiger partial charge on any atom is 0.407 e. The number of methoxy groups -OCH3 is 1. The van der Waals surface area contributed by atoms with Crippen molar-refractivity contribution in [2.24, 2.45) is 0 Å². The lowest BCUT2D eigenvalue weighted by molar-refractivity contribution is 0.138. The molecule has 8 nitrogen and oxygen atoms in total. The summed E-state index contributed by atoms with van der Waals surface area (Å²) in [5.41, 5.74) is -0.468. The largest absolute Gasteiger partial charge is 0.491 e. The number of aromatic nitrogens is 2. The Hall–Kier alpha value is -3.52. The molecule has 1 aliphatic rings. The fraction of sp³-hybridized carbons (Fsp3) is 0.238. The van der Waals surface area contributed by atoms with E-state index in [1.807, 2.05) is 6.07 Å². The van der Waals surface area contributed by atoms with Crippen LogP contribution in [0.3, 0.4) is 0 Å². The van der Waals surface area contributed by atoms with Crippen LogP contribution in [0.2, 0.25) is 0 Å². The summed E-state index contributed by atoms with van der Waals surface area (Å²) in [5.74, 6) is -2.65. The van der Waals surface area contributed by atoms with Crippen molar-refractivity contribution >= 4 is 32.9 Å². The van der Waals surface area contributed by atoms with Crippen molar-refractivity contribution in [1.82, 2.24) is 14.5 Å². The van der Waals surface area contributed by atoms with Gasteiger partial charge in [-0.1, -0.05) is 0 Å². The Kier molecular flexibility index (Phi) is 5.56. The smallest absolute Gasteiger partial charge is 0.407 e. The standard InChI is InChI=1S/C21H15BrF2N4O4/c1-32-18-14(23)7-11(8-15(18)24)28-19(16-3-2-4-27(16)21(30)31)26-17-12(20(28)29)5-10(9-25)6-13(17)22/h5-8,16H,2-4H2,1H3,(H,30,31). The molecule has 0 radical (unpaired) electrons. The molecule has 1 saturated heterocycles. The van der Waals surface area contributed by atoms with Gasteiger partial charge in [0.2, 0.25) is 0 Å². The molecular formula is C21H15BrF2N4O4. The van der Waals surface area contributed by atoms with Crippen LogP contribution in [0.15, 0.2) is 33.5 Å². The molecule has 2 aromatic carbocycles. The average Bonchev–Trinajstić information content (AvgIpc) is 3.24. The highest BCUT2D eigenvalue weighted by molar-refractivity contribution is 9.10. The summed E-state index contributed by atoms with van der Waals surface area (Å²) >= 11 is 3.30. The second-order valence-electron chi connectivity index (χ2n) is 7.15. The third-order valence-corrected chi connectivity index (χ3v) is 5.93. The molecule has 1 fully saturated rings. The molecule has 1 N–H and O–H groups in total. The van der Waals surface area contributed by atoms with E-state index in [0.29, 0.717) is 17.3 Å². The van der Waals surface area contributed by atoms with E-state index >= 15 is 0 Å². The molecule has 1 aromatic heterocycles. The number of rotatable bonds is 3. The fourth-order valence-electron chi connectivity index (χ4n) is 3.94. The lowest BCUT2D eigenvalue weighted by Gasteiger charge is -2.24. The molecule has 2 heterocycles. The molecule has 1 atom stereocenters. The third kappa shape index (κ3) is 3.46. The number of likely N-dealkylation sites (tertiary alicyclic amines) is 1. The van der Waals surface area contributed by atoms with Crippen LogP contribution in [0, 0.1) is 23.0 Å². The Morgan fingerprint density at radius 2 is 2.00 bits per heavy atom. The first-order chi connectivity index (χ1) is 15.3. The Bertz CT molecular complexity index is 1350. The molecule has 4 rings (SSSR count). The highest BCUT2D eigenvalue weighted by Gasteiger charge is 2.34. The van der Waals surface area contributed by atoms with Crippen LogP contribution < -0.4 is 10.3 Å². The summed E-state index contributed by atoms with van der Waals surface area (Å²) in [5, 5.41) is 18.9. The molecule has 0 saturated carbocycles. The number of benzene rings is 2. The van der Waals surface area contributed by atoms with Crippen molar-refractivity contribution in [2.75, 3.05) is 13.7 Å². The number of halogens is 3. The van der Waals surface area contributed by atoms with E-state index in [2.05, 4.69) is 20.9 Å². The fourth-order valence-corrected chi connectivity index (χ4v) is 4.49. The van der Waals surface area contributed by atoms with E-state index in [9.17, 15) is 28.7 Å². The zero-order valence-corrected chi connectivity index (χ0v) is 18.2. The van der Waals surface area contributed by atoms with Crippen molar-refractivity contribution in [3.05, 3.63) is 62.1 Å². The predicted molar refractivity (Wildman–Crippen MR) is 113 cm³/mol. The second-order valence-corrected chi connectivity index (χ2v) is 8.01. The normalized spacial score (nSPS) is 15.7. The highest BCUT2D eigenvalue weighted by Crippen LogP contribution is 2.34. The number of hydrogen-bond donors (Lipinski definition) is 1. The van der Waals surface area contributed by atoms with Crippen LogP contribution in [0.25, 0.3) is 16.6 Å². The van der Waals surface area contributed by atoms with Gasteiger partial charge in [0.15, 0.2) is 17.4 Å². The topological polar surface area (TPSA) is 108 Å². The Labute approximate surface area is 188 Å². The molecule has 1 amide bonds. The van der Waals surface area contributed by atoms with Gasteiger partial charge in [-0.25, -0.2) is 18.6 Å². The first-order valence-corrected chi connectivity index (χ1v) is 10.3. The van der Waals surface area contributed by atoms with E-state index in [0.717, 1.165) is 28.7 Å². The van der Waals surface area contributed by atoms with Crippen LogP contribution in [0.1, 0.15) is 30.3 Å². The maximum atomic E-state index is 14.5. The lowest BCUT2D eigenvalue weighted by atomic mass is 10.1. The van der Waals surface area contributed by atoms with Gasteiger partial charge in [-0.05, 0) is 40.9 Å². The molecule has 32 heavy (non-hydrogen) atoms. The van der Waals surface area contributed by atoms with Crippen molar-refractivity contribution in [1.29, 1.82) is 5.26 Å². The van der Waals surface area contributed by atoms with Crippen LogP contribution in [-0.4, -0.2) is 39.3 Å². The summed E-state index contributed by atoms with van der Waals surface area (Å²) in [7, 11) is 1.11. The molecule has 1 aliphatic heterocycles. The summed E-state index contributed by atoms with van der Waals surface area (Å²) in [6, 6.07) is 5.79. The zero-order chi connectivity index (χ0) is 23.2. The monoisotopic (exact) mass is 504 g/mol. The first-order valence-electron chi connectivity index (χ1n) is 9.46. The van der Waals surface area contributed by atoms with Gasteiger partial charge in [0.1, 0.15) is 5.82 Å². The maximum absolute atomic E-state index is 14.5. The molecule has 164 valence electrons. The Morgan fingerprint density at radius 3 is 2.59 bits per heavy atom. The van der Waals surface area contributed by atoms with E-state index in [-0.39, 0.29) is 34.5 Å². The molecule has 1 unspecified atom stereocenters. The van der Waals surface area contributed by atoms with Gasteiger partial charge in [0, 0.05) is 23.2 Å². The minimum Gasteiger partial charge on any atom is -0.491 e. The number of ether oxygens (including phenoxy) is 1. The minimum atomic E-state index is -1.20. The van der Waals surface area contributed by atoms with Crippen LogP contribution in [0.5, 0.6) is 5.75 Å². The van der Waals surface area contributed by atoms with Crippen molar-refractivity contribution in [2.45, 2.75) is 18.9 Å². The van der Waals surface area contributed by atoms with Gasteiger partial charge < -0.3 is 9.84 Å².